The Morgan fingerprint density at radius 1 is 0.958 bits per heavy atom. The van der Waals surface area contributed by atoms with Gasteiger partial charge in [-0.15, -0.1) is 0 Å². The molecule has 0 aliphatic heterocycles. The molecule has 0 saturated carbocycles. The number of aromatic hydroxyl groups is 2. The Balaban J connectivity index is 2.02. The molecule has 3 N–H and O–H groups in total. The Bertz CT molecular complexity index is 891. The molecule has 0 fully saturated rings. The zero-order valence-electron chi connectivity index (χ0n) is 12.1. The van der Waals surface area contributed by atoms with Crippen molar-refractivity contribution >= 4 is 28.9 Å². The van der Waals surface area contributed by atoms with Crippen molar-refractivity contribution in [3.8, 4) is 11.5 Å². The van der Waals surface area contributed by atoms with Gasteiger partial charge in [0.2, 0.25) is 0 Å². The van der Waals surface area contributed by atoms with Crippen LogP contribution in [0.25, 0.3) is 0 Å². The topological polar surface area (TPSA) is 86.6 Å². The summed E-state index contributed by atoms with van der Waals surface area (Å²) in [6.07, 6.45) is 2.02. The van der Waals surface area contributed by atoms with Gasteiger partial charge in [-0.3, -0.25) is 9.59 Å². The number of allylic oxidation sites excluding steroid dienone is 2. The van der Waals surface area contributed by atoms with Gasteiger partial charge >= 0.3 is 0 Å². The van der Waals surface area contributed by atoms with Crippen LogP contribution in [0.3, 0.4) is 0 Å². The van der Waals surface area contributed by atoms with Crippen molar-refractivity contribution < 1.29 is 24.2 Å². The van der Waals surface area contributed by atoms with E-state index < -0.39 is 23.1 Å². The number of phenols is 2. The maximum absolute atomic E-state index is 12.9. The van der Waals surface area contributed by atoms with Gasteiger partial charge in [-0.1, -0.05) is 23.7 Å². The van der Waals surface area contributed by atoms with Crippen molar-refractivity contribution in [2.75, 3.05) is 5.32 Å². The molecule has 24 heavy (non-hydrogen) atoms. The highest BCUT2D eigenvalue weighted by Gasteiger charge is 2.31. The first-order valence-electron chi connectivity index (χ1n) is 6.92. The zero-order chi connectivity index (χ0) is 17.4. The number of hydrogen-bond donors (Lipinski definition) is 3. The molecule has 5 nitrogen and oxygen atoms in total. The number of ketones is 2. The second kappa shape index (κ2) is 5.98. The normalized spacial score (nSPS) is 13.1. The molecule has 0 unspecified atom stereocenters. The molecule has 2 aromatic rings. The van der Waals surface area contributed by atoms with E-state index in [1.54, 1.807) is 0 Å². The summed E-state index contributed by atoms with van der Waals surface area (Å²) < 4.78 is 12.9. The molecule has 0 atom stereocenters. The average Bonchev–Trinajstić information content (AvgIpc) is 2.56. The molecule has 7 heteroatoms. The number of halogens is 2. The maximum atomic E-state index is 12.9. The number of nitrogens with one attached hydrogen (secondary N) is 1. The molecule has 2 aromatic carbocycles. The van der Waals surface area contributed by atoms with Gasteiger partial charge in [0.15, 0.2) is 17.3 Å². The Kier molecular flexibility index (Phi) is 3.99. The van der Waals surface area contributed by atoms with E-state index in [-0.39, 0.29) is 34.2 Å². The van der Waals surface area contributed by atoms with E-state index >= 15 is 0 Å². The maximum Gasteiger partial charge on any atom is 0.190 e. The number of benzene rings is 2. The van der Waals surface area contributed by atoms with Gasteiger partial charge in [-0.05, 0) is 29.8 Å². The van der Waals surface area contributed by atoms with Crippen LogP contribution in [0.4, 0.5) is 10.1 Å². The summed E-state index contributed by atoms with van der Waals surface area (Å²) in [5, 5.41) is 23.0. The van der Waals surface area contributed by atoms with E-state index in [4.69, 9.17) is 11.6 Å². The summed E-state index contributed by atoms with van der Waals surface area (Å²) in [6.45, 7) is 0.157. The van der Waals surface area contributed by atoms with Crippen molar-refractivity contribution in [3.63, 3.8) is 0 Å². The number of anilines is 1. The molecule has 1 aliphatic carbocycles. The van der Waals surface area contributed by atoms with Gasteiger partial charge in [0, 0.05) is 6.54 Å². The number of carbonyl (C=O) groups is 2. The summed E-state index contributed by atoms with van der Waals surface area (Å²) in [5.41, 5.74) is -0.0107. The third-order valence-corrected chi connectivity index (χ3v) is 4.02. The number of rotatable bonds is 3. The summed E-state index contributed by atoms with van der Waals surface area (Å²) in [5.74, 6) is -2.71. The summed E-state index contributed by atoms with van der Waals surface area (Å²) >= 11 is 6.02. The van der Waals surface area contributed by atoms with Crippen LogP contribution < -0.4 is 5.32 Å². The van der Waals surface area contributed by atoms with E-state index in [9.17, 15) is 24.2 Å². The molecule has 122 valence electrons. The third kappa shape index (κ3) is 2.61. The summed E-state index contributed by atoms with van der Waals surface area (Å²) in [4.78, 5) is 23.8. The first kappa shape index (κ1) is 16.0. The molecular formula is C17H11ClFNO4. The van der Waals surface area contributed by atoms with E-state index in [1.165, 1.54) is 24.3 Å². The molecule has 3 rings (SSSR count). The van der Waals surface area contributed by atoms with Crippen molar-refractivity contribution in [3.05, 3.63) is 63.9 Å². The SMILES string of the molecule is O=C1C=CC(=O)c2c(O)c(NCc3ccc(F)cc3)c(Cl)c(O)c21. The molecule has 0 saturated heterocycles. The molecular weight excluding hydrogens is 337 g/mol. The first-order valence-corrected chi connectivity index (χ1v) is 7.30. The van der Waals surface area contributed by atoms with Crippen LogP contribution in [0.15, 0.2) is 36.4 Å². The molecule has 0 heterocycles. The molecule has 0 radical (unpaired) electrons. The fraction of sp³-hybridized carbons (Fsp3) is 0.0588. The fourth-order valence-electron chi connectivity index (χ4n) is 2.45. The Hall–Kier alpha value is -2.86. The second-order valence-corrected chi connectivity index (χ2v) is 5.56. The molecule has 1 aliphatic rings. The number of carbonyl (C=O) groups excluding carboxylic acids is 2. The van der Waals surface area contributed by atoms with Crippen LogP contribution in [-0.2, 0) is 6.54 Å². The van der Waals surface area contributed by atoms with Crippen molar-refractivity contribution in [2.45, 2.75) is 6.54 Å². The van der Waals surface area contributed by atoms with Crippen molar-refractivity contribution in [1.82, 2.24) is 0 Å². The lowest BCUT2D eigenvalue weighted by Gasteiger charge is -2.19. The monoisotopic (exact) mass is 347 g/mol. The van der Waals surface area contributed by atoms with Crippen LogP contribution in [0.5, 0.6) is 11.5 Å². The zero-order valence-corrected chi connectivity index (χ0v) is 12.9. The summed E-state index contributed by atoms with van der Waals surface area (Å²) in [7, 11) is 0. The third-order valence-electron chi connectivity index (χ3n) is 3.65. The van der Waals surface area contributed by atoms with E-state index in [0.717, 1.165) is 12.2 Å². The quantitative estimate of drug-likeness (QED) is 0.585. The minimum atomic E-state index is -0.621. The summed E-state index contributed by atoms with van der Waals surface area (Å²) in [6, 6.07) is 5.61. The van der Waals surface area contributed by atoms with E-state index in [0.29, 0.717) is 5.56 Å². The van der Waals surface area contributed by atoms with Crippen LogP contribution in [0.1, 0.15) is 26.3 Å². The number of phenolic OH excluding ortho intramolecular Hbond substituents is 2. The predicted octanol–water partition coefficient (Wildman–Crippen LogP) is 3.44. The molecule has 0 amide bonds. The second-order valence-electron chi connectivity index (χ2n) is 5.18. The largest absolute Gasteiger partial charge is 0.505 e. The average molecular weight is 348 g/mol. The number of hydrogen-bond acceptors (Lipinski definition) is 5. The molecule has 0 aromatic heterocycles. The van der Waals surface area contributed by atoms with Gasteiger partial charge < -0.3 is 15.5 Å². The highest BCUT2D eigenvalue weighted by atomic mass is 35.5. The van der Waals surface area contributed by atoms with Crippen LogP contribution in [0.2, 0.25) is 5.02 Å². The number of fused-ring (bicyclic) bond motifs is 1. The van der Waals surface area contributed by atoms with Gasteiger partial charge in [-0.2, -0.15) is 0 Å². The highest BCUT2D eigenvalue weighted by molar-refractivity contribution is 6.37. The minimum absolute atomic E-state index is 0.0753. The van der Waals surface area contributed by atoms with Crippen LogP contribution in [-0.4, -0.2) is 21.8 Å². The smallest absolute Gasteiger partial charge is 0.190 e. The molecule has 0 spiro atoms. The van der Waals surface area contributed by atoms with E-state index in [1.807, 2.05) is 0 Å². The van der Waals surface area contributed by atoms with Crippen LogP contribution in [0, 0.1) is 5.82 Å². The van der Waals surface area contributed by atoms with Crippen molar-refractivity contribution in [1.29, 1.82) is 0 Å². The Morgan fingerprint density at radius 2 is 1.50 bits per heavy atom. The van der Waals surface area contributed by atoms with Crippen LogP contribution >= 0.6 is 11.6 Å². The lowest BCUT2D eigenvalue weighted by molar-refractivity contribution is 0.0989. The van der Waals surface area contributed by atoms with E-state index in [2.05, 4.69) is 5.32 Å². The predicted molar refractivity (Wildman–Crippen MR) is 86.3 cm³/mol. The minimum Gasteiger partial charge on any atom is -0.505 e. The Labute approximate surface area is 141 Å². The fourth-order valence-corrected chi connectivity index (χ4v) is 2.70. The first-order chi connectivity index (χ1) is 11.4. The lowest BCUT2D eigenvalue weighted by atomic mass is 9.92. The highest BCUT2D eigenvalue weighted by Crippen LogP contribution is 2.46. The van der Waals surface area contributed by atoms with Gasteiger partial charge in [-0.25, -0.2) is 4.39 Å². The Morgan fingerprint density at radius 3 is 2.08 bits per heavy atom. The lowest BCUT2D eigenvalue weighted by Crippen LogP contribution is -2.14. The van der Waals surface area contributed by atoms with Gasteiger partial charge in [0.05, 0.1) is 11.1 Å². The van der Waals surface area contributed by atoms with Crippen molar-refractivity contribution in [2.24, 2.45) is 0 Å². The molecule has 0 bridgehead atoms. The van der Waals surface area contributed by atoms with Gasteiger partial charge in [0.1, 0.15) is 22.3 Å². The van der Waals surface area contributed by atoms with Gasteiger partial charge in [0.25, 0.3) is 0 Å². The standard InChI is InChI=1S/C17H11ClFNO4/c18-14-15(20-7-8-1-3-9(19)4-2-8)17(24)13-11(22)6-5-10(21)12(13)16(14)23/h1-6,20,23-24H,7H2.